The SMILES string of the molecule is CC(C)(C)OC(=O)n1ncc2ccc(B3OC(C)(C)C(C)(C)O3)cc21. The number of hydrogen-bond acceptors (Lipinski definition) is 5. The highest BCUT2D eigenvalue weighted by atomic mass is 16.7. The topological polar surface area (TPSA) is 62.6 Å². The van der Waals surface area contributed by atoms with Crippen LogP contribution in [0, 0.1) is 0 Å². The molecule has 2 aromatic rings. The molecule has 0 aliphatic carbocycles. The van der Waals surface area contributed by atoms with Crippen LogP contribution in [0.1, 0.15) is 48.5 Å². The van der Waals surface area contributed by atoms with E-state index in [1.165, 1.54) is 4.68 Å². The predicted molar refractivity (Wildman–Crippen MR) is 97.1 cm³/mol. The lowest BCUT2D eigenvalue weighted by Crippen LogP contribution is -2.41. The van der Waals surface area contributed by atoms with Crippen LogP contribution in [0.2, 0.25) is 0 Å². The molecule has 1 aromatic carbocycles. The Morgan fingerprint density at radius 3 is 2.32 bits per heavy atom. The Hall–Kier alpha value is -1.86. The molecule has 0 saturated carbocycles. The van der Waals surface area contributed by atoms with Crippen LogP contribution in [0.15, 0.2) is 24.4 Å². The summed E-state index contributed by atoms with van der Waals surface area (Å²) >= 11 is 0. The normalized spacial score (nSPS) is 19.4. The maximum atomic E-state index is 12.4. The van der Waals surface area contributed by atoms with E-state index in [0.717, 1.165) is 10.8 Å². The van der Waals surface area contributed by atoms with Crippen molar-refractivity contribution in [1.82, 2.24) is 9.78 Å². The Kier molecular flexibility index (Phi) is 4.00. The molecule has 6 nitrogen and oxygen atoms in total. The van der Waals surface area contributed by atoms with Crippen molar-refractivity contribution in [2.24, 2.45) is 0 Å². The highest BCUT2D eigenvalue weighted by molar-refractivity contribution is 6.62. The second kappa shape index (κ2) is 5.57. The van der Waals surface area contributed by atoms with Crippen molar-refractivity contribution in [2.75, 3.05) is 0 Å². The molecule has 3 rings (SSSR count). The number of benzene rings is 1. The van der Waals surface area contributed by atoms with Gasteiger partial charge in [-0.2, -0.15) is 9.78 Å². The summed E-state index contributed by atoms with van der Waals surface area (Å²) in [5.41, 5.74) is 0.0901. The lowest BCUT2D eigenvalue weighted by molar-refractivity contribution is 0.00578. The van der Waals surface area contributed by atoms with E-state index < -0.39 is 30.0 Å². The minimum atomic E-state index is -0.585. The molecular weight excluding hydrogens is 319 g/mol. The Morgan fingerprint density at radius 2 is 1.76 bits per heavy atom. The molecule has 25 heavy (non-hydrogen) atoms. The lowest BCUT2D eigenvalue weighted by Gasteiger charge is -2.32. The number of carbonyl (C=O) groups is 1. The molecule has 0 radical (unpaired) electrons. The van der Waals surface area contributed by atoms with E-state index in [-0.39, 0.29) is 0 Å². The van der Waals surface area contributed by atoms with Gasteiger partial charge in [-0.15, -0.1) is 0 Å². The number of rotatable bonds is 1. The molecule has 1 fully saturated rings. The van der Waals surface area contributed by atoms with Crippen LogP contribution in [0.5, 0.6) is 0 Å². The smallest absolute Gasteiger partial charge is 0.442 e. The van der Waals surface area contributed by atoms with Gasteiger partial charge in [-0.05, 0) is 60.0 Å². The fraction of sp³-hybridized carbons (Fsp3) is 0.556. The molecule has 7 heteroatoms. The summed E-state index contributed by atoms with van der Waals surface area (Å²) in [6.45, 7) is 13.5. The molecule has 0 N–H and O–H groups in total. The maximum Gasteiger partial charge on any atom is 0.494 e. The van der Waals surface area contributed by atoms with Crippen LogP contribution < -0.4 is 5.46 Å². The zero-order valence-electron chi connectivity index (χ0n) is 15.9. The summed E-state index contributed by atoms with van der Waals surface area (Å²) in [7, 11) is -0.489. The highest BCUT2D eigenvalue weighted by Gasteiger charge is 2.51. The van der Waals surface area contributed by atoms with Gasteiger partial charge in [-0.3, -0.25) is 0 Å². The second-order valence-corrected chi connectivity index (χ2v) is 8.44. The van der Waals surface area contributed by atoms with E-state index in [1.54, 1.807) is 6.20 Å². The fourth-order valence-corrected chi connectivity index (χ4v) is 2.61. The largest absolute Gasteiger partial charge is 0.494 e. The first-order valence-corrected chi connectivity index (χ1v) is 8.46. The van der Waals surface area contributed by atoms with Crippen molar-refractivity contribution in [3.05, 3.63) is 24.4 Å². The first kappa shape index (κ1) is 18.0. The number of aromatic nitrogens is 2. The van der Waals surface area contributed by atoms with Gasteiger partial charge in [0, 0.05) is 5.39 Å². The zero-order chi connectivity index (χ0) is 18.6. The van der Waals surface area contributed by atoms with E-state index >= 15 is 0 Å². The molecule has 0 amide bonds. The molecule has 0 bridgehead atoms. The molecule has 1 aliphatic rings. The highest BCUT2D eigenvalue weighted by Crippen LogP contribution is 2.36. The van der Waals surface area contributed by atoms with Gasteiger partial charge in [0.1, 0.15) is 5.60 Å². The maximum absolute atomic E-state index is 12.4. The third-order valence-corrected chi connectivity index (χ3v) is 4.69. The van der Waals surface area contributed by atoms with Crippen molar-refractivity contribution in [2.45, 2.75) is 65.3 Å². The lowest BCUT2D eigenvalue weighted by atomic mass is 9.79. The standard InChI is InChI=1S/C18H25BN2O4/c1-16(2,3)23-15(22)21-14-10-13(9-8-12(14)11-20-21)19-24-17(4,5)18(6,7)25-19/h8-11H,1-7H3. The van der Waals surface area contributed by atoms with Gasteiger partial charge >= 0.3 is 13.2 Å². The Labute approximate surface area is 148 Å². The third-order valence-electron chi connectivity index (χ3n) is 4.69. The summed E-state index contributed by atoms with van der Waals surface area (Å²) in [4.78, 5) is 12.4. The van der Waals surface area contributed by atoms with E-state index in [0.29, 0.717) is 5.52 Å². The van der Waals surface area contributed by atoms with Crippen LogP contribution in [0.4, 0.5) is 4.79 Å². The predicted octanol–water partition coefficient (Wildman–Crippen LogP) is 3.12. The number of carbonyl (C=O) groups excluding carboxylic acids is 1. The van der Waals surface area contributed by atoms with Crippen molar-refractivity contribution >= 4 is 29.6 Å². The van der Waals surface area contributed by atoms with Gasteiger partial charge in [-0.25, -0.2) is 4.79 Å². The second-order valence-electron chi connectivity index (χ2n) is 8.44. The van der Waals surface area contributed by atoms with Gasteiger partial charge in [0.25, 0.3) is 0 Å². The van der Waals surface area contributed by atoms with Crippen molar-refractivity contribution in [1.29, 1.82) is 0 Å². The van der Waals surface area contributed by atoms with E-state index in [9.17, 15) is 4.79 Å². The molecular formula is C18H25BN2O4. The van der Waals surface area contributed by atoms with Crippen LogP contribution in [-0.2, 0) is 14.0 Å². The Morgan fingerprint density at radius 1 is 1.16 bits per heavy atom. The van der Waals surface area contributed by atoms with Gasteiger partial charge in [0.2, 0.25) is 0 Å². The minimum Gasteiger partial charge on any atom is -0.442 e. The number of ether oxygens (including phenoxy) is 1. The Bertz CT molecular complexity index is 804. The summed E-state index contributed by atoms with van der Waals surface area (Å²) in [5, 5.41) is 5.02. The zero-order valence-corrected chi connectivity index (χ0v) is 15.9. The van der Waals surface area contributed by atoms with Crippen LogP contribution in [-0.4, -0.2) is 39.8 Å². The molecule has 1 aliphatic heterocycles. The van der Waals surface area contributed by atoms with E-state index in [2.05, 4.69) is 5.10 Å². The molecule has 134 valence electrons. The molecule has 2 heterocycles. The minimum absolute atomic E-state index is 0.419. The van der Waals surface area contributed by atoms with Crippen molar-refractivity contribution in [3.63, 3.8) is 0 Å². The average Bonchev–Trinajstić information content (AvgIpc) is 2.95. The summed E-state index contributed by atoms with van der Waals surface area (Å²) in [6, 6.07) is 5.71. The molecule has 1 aromatic heterocycles. The van der Waals surface area contributed by atoms with E-state index in [1.807, 2.05) is 66.7 Å². The quantitative estimate of drug-likeness (QED) is 0.744. The first-order chi connectivity index (χ1) is 11.4. The van der Waals surface area contributed by atoms with Gasteiger partial charge < -0.3 is 14.0 Å². The van der Waals surface area contributed by atoms with Crippen LogP contribution in [0.3, 0.4) is 0 Å². The van der Waals surface area contributed by atoms with Crippen molar-refractivity contribution in [3.8, 4) is 0 Å². The van der Waals surface area contributed by atoms with Crippen molar-refractivity contribution < 1.29 is 18.8 Å². The monoisotopic (exact) mass is 344 g/mol. The number of hydrogen-bond donors (Lipinski definition) is 0. The fourth-order valence-electron chi connectivity index (χ4n) is 2.61. The van der Waals surface area contributed by atoms with Crippen LogP contribution >= 0.6 is 0 Å². The number of nitrogens with zero attached hydrogens (tertiary/aromatic N) is 2. The van der Waals surface area contributed by atoms with Gasteiger partial charge in [-0.1, -0.05) is 12.1 Å². The third kappa shape index (κ3) is 3.31. The first-order valence-electron chi connectivity index (χ1n) is 8.46. The average molecular weight is 344 g/mol. The summed E-state index contributed by atoms with van der Waals surface area (Å²) in [6.07, 6.45) is 1.14. The number of fused-ring (bicyclic) bond motifs is 1. The molecule has 0 unspecified atom stereocenters. The van der Waals surface area contributed by atoms with E-state index in [4.69, 9.17) is 14.0 Å². The molecule has 0 atom stereocenters. The van der Waals surface area contributed by atoms with Crippen LogP contribution in [0.25, 0.3) is 10.9 Å². The molecule has 0 spiro atoms. The Balaban J connectivity index is 1.95. The van der Waals surface area contributed by atoms with Gasteiger partial charge in [0.15, 0.2) is 0 Å². The van der Waals surface area contributed by atoms with Gasteiger partial charge in [0.05, 0.1) is 22.9 Å². The summed E-state index contributed by atoms with van der Waals surface area (Å²) in [5.74, 6) is 0. The molecule has 1 saturated heterocycles. The summed E-state index contributed by atoms with van der Waals surface area (Å²) < 4.78 is 18.9.